The molecule has 0 saturated heterocycles. The number of hydrogen-bond acceptors (Lipinski definition) is 2. The minimum Gasteiger partial charge on any atom is -0.354 e. The second-order valence-corrected chi connectivity index (χ2v) is 14.9. The van der Waals surface area contributed by atoms with Gasteiger partial charge < -0.3 is 4.98 Å². The molecule has 2 aliphatic heterocycles. The molecule has 1 N–H and O–H groups in total. The van der Waals surface area contributed by atoms with E-state index in [0.29, 0.717) is 0 Å². The Hall–Kier alpha value is -7.62. The van der Waals surface area contributed by atoms with Crippen LogP contribution in [0.2, 0.25) is 0 Å². The molecule has 57 heavy (non-hydrogen) atoms. The van der Waals surface area contributed by atoms with Crippen molar-refractivity contribution in [3.8, 4) is 66.8 Å². The summed E-state index contributed by atoms with van der Waals surface area (Å²) in [7, 11) is 0. The lowest BCUT2D eigenvalue weighted by Crippen LogP contribution is -2.02. The maximum absolute atomic E-state index is 5.33. The first-order chi connectivity index (χ1) is 28.3. The summed E-state index contributed by atoms with van der Waals surface area (Å²) in [6.07, 6.45) is 0. The monoisotopic (exact) mass is 723 g/mol. The van der Waals surface area contributed by atoms with E-state index in [1.165, 1.54) is 38.6 Å². The van der Waals surface area contributed by atoms with E-state index in [1.807, 2.05) is 0 Å². The predicted molar refractivity (Wildman–Crippen MR) is 234 cm³/mol. The first-order valence-corrected chi connectivity index (χ1v) is 19.5. The quantitative estimate of drug-likeness (QED) is 0.184. The number of aromatic nitrogens is 1. The Morgan fingerprint density at radius 1 is 0.316 bits per heavy atom. The van der Waals surface area contributed by atoms with E-state index in [-0.39, 0.29) is 0 Å². The number of aromatic amines is 1. The minimum absolute atomic E-state index is 0.955. The third-order valence-corrected chi connectivity index (χ3v) is 11.8. The summed E-state index contributed by atoms with van der Waals surface area (Å²) in [6, 6.07) is 69.9. The molecule has 0 unspecified atom stereocenters. The van der Waals surface area contributed by atoms with Crippen molar-refractivity contribution >= 4 is 33.2 Å². The number of rotatable bonds is 5. The van der Waals surface area contributed by atoms with Gasteiger partial charge in [-0.15, -0.1) is 0 Å². The van der Waals surface area contributed by atoms with Gasteiger partial charge in [-0.05, 0) is 74.8 Å². The zero-order valence-electron chi connectivity index (χ0n) is 30.9. The van der Waals surface area contributed by atoms with Gasteiger partial charge in [0.2, 0.25) is 0 Å². The molecule has 2 aliphatic rings. The average Bonchev–Trinajstić information content (AvgIpc) is 3.98. The summed E-state index contributed by atoms with van der Waals surface area (Å²) in [5.74, 6) is 0. The molecule has 1 aromatic heterocycles. The van der Waals surface area contributed by atoms with Crippen LogP contribution in [0, 0.1) is 10.4 Å². The smallest absolute Gasteiger partial charge is 0.0817 e. The summed E-state index contributed by atoms with van der Waals surface area (Å²) in [5.41, 5.74) is 18.2. The Balaban J connectivity index is 1.19. The molecule has 0 fully saturated rings. The SMILES string of the molecule is c1ccc(-c2ccccc2-c2ccccc2-c2ccc3c(c2-c2ccccc2-c2cccc4c2[nH]c2ccccc24)-c2c4c(ccc2=N3)=c2ccccc2=N4)cc1. The number of fused-ring (bicyclic) bond motifs is 9. The molecule has 3 heteroatoms. The van der Waals surface area contributed by atoms with E-state index in [2.05, 4.69) is 199 Å². The van der Waals surface area contributed by atoms with Crippen LogP contribution in [0.4, 0.5) is 11.4 Å². The molecule has 0 amide bonds. The Kier molecular flexibility index (Phi) is 6.93. The molecule has 12 rings (SSSR count). The zero-order valence-corrected chi connectivity index (χ0v) is 30.9. The van der Waals surface area contributed by atoms with Gasteiger partial charge in [0.05, 0.1) is 27.6 Å². The van der Waals surface area contributed by atoms with Crippen LogP contribution >= 0.6 is 0 Å². The number of para-hydroxylation sites is 3. The van der Waals surface area contributed by atoms with E-state index in [9.17, 15) is 0 Å². The highest BCUT2D eigenvalue weighted by Gasteiger charge is 2.29. The Labute approximate surface area is 328 Å². The first-order valence-electron chi connectivity index (χ1n) is 19.5. The van der Waals surface area contributed by atoms with Gasteiger partial charge in [0.15, 0.2) is 0 Å². The summed E-state index contributed by atoms with van der Waals surface area (Å²) >= 11 is 0. The normalized spacial score (nSPS) is 12.1. The summed E-state index contributed by atoms with van der Waals surface area (Å²) in [6.45, 7) is 0. The van der Waals surface area contributed by atoms with E-state index < -0.39 is 0 Å². The highest BCUT2D eigenvalue weighted by Crippen LogP contribution is 2.53. The van der Waals surface area contributed by atoms with Gasteiger partial charge in [-0.25, -0.2) is 9.98 Å². The standard InChI is InChI=1S/C54H33N3/c1-2-15-33(16-3-1)34-17-4-5-18-35(34)36-19-6-7-20-37(36)42-29-31-48-51(52-49(55-48)32-30-45-40-23-11-13-28-47(40)57-54(45)52)50(42)41-24-9-8-21-38(41)43-25-14-26-44-39-22-10-12-27-46(39)56-53(43)44/h1-32,56H. The minimum atomic E-state index is 0.955. The predicted octanol–water partition coefficient (Wildman–Crippen LogP) is 13.1. The van der Waals surface area contributed by atoms with E-state index in [4.69, 9.17) is 9.98 Å². The summed E-state index contributed by atoms with van der Waals surface area (Å²) in [4.78, 5) is 14.4. The van der Waals surface area contributed by atoms with Crippen molar-refractivity contribution in [1.29, 1.82) is 0 Å². The van der Waals surface area contributed by atoms with Gasteiger partial charge >= 0.3 is 0 Å². The van der Waals surface area contributed by atoms with Crippen LogP contribution in [-0.2, 0) is 0 Å². The molecule has 0 bridgehead atoms. The number of H-pyrrole nitrogens is 1. The Bertz CT molecular complexity index is 3520. The molecular formula is C54H33N3. The van der Waals surface area contributed by atoms with Crippen LogP contribution < -0.4 is 10.7 Å². The van der Waals surface area contributed by atoms with Gasteiger partial charge in [0.25, 0.3) is 0 Å². The molecule has 0 saturated carbocycles. The first kappa shape index (κ1) is 31.7. The highest BCUT2D eigenvalue weighted by molar-refractivity contribution is 6.14. The van der Waals surface area contributed by atoms with Gasteiger partial charge in [0, 0.05) is 49.0 Å². The lowest BCUT2D eigenvalue weighted by atomic mass is 9.81. The van der Waals surface area contributed by atoms with Crippen molar-refractivity contribution < 1.29 is 0 Å². The molecule has 3 heterocycles. The highest BCUT2D eigenvalue weighted by atomic mass is 14.8. The molecule has 3 nitrogen and oxygen atoms in total. The van der Waals surface area contributed by atoms with Crippen molar-refractivity contribution in [2.75, 3.05) is 0 Å². The molecular weight excluding hydrogens is 691 g/mol. The summed E-state index contributed by atoms with van der Waals surface area (Å²) in [5, 5.41) is 6.71. The van der Waals surface area contributed by atoms with Crippen LogP contribution in [0.5, 0.6) is 0 Å². The average molecular weight is 724 g/mol. The van der Waals surface area contributed by atoms with Crippen molar-refractivity contribution in [1.82, 2.24) is 4.98 Å². The van der Waals surface area contributed by atoms with Gasteiger partial charge in [-0.3, -0.25) is 0 Å². The van der Waals surface area contributed by atoms with Crippen LogP contribution in [0.25, 0.3) is 88.6 Å². The van der Waals surface area contributed by atoms with Crippen LogP contribution in [0.1, 0.15) is 0 Å². The van der Waals surface area contributed by atoms with E-state index >= 15 is 0 Å². The number of nitrogens with one attached hydrogen (secondary N) is 1. The third-order valence-electron chi connectivity index (χ3n) is 11.8. The maximum Gasteiger partial charge on any atom is 0.0817 e. The fourth-order valence-electron chi connectivity index (χ4n) is 9.32. The molecule has 264 valence electrons. The lowest BCUT2D eigenvalue weighted by Gasteiger charge is -2.22. The summed E-state index contributed by atoms with van der Waals surface area (Å²) < 4.78 is 0. The van der Waals surface area contributed by atoms with Crippen molar-refractivity contribution in [2.24, 2.45) is 9.98 Å². The lowest BCUT2D eigenvalue weighted by molar-refractivity contribution is 1.36. The Morgan fingerprint density at radius 3 is 1.75 bits per heavy atom. The number of nitrogens with zero attached hydrogens (tertiary/aromatic N) is 2. The molecule has 0 spiro atoms. The fourth-order valence-corrected chi connectivity index (χ4v) is 9.32. The number of benzene rings is 9. The van der Waals surface area contributed by atoms with Crippen molar-refractivity contribution in [2.45, 2.75) is 0 Å². The van der Waals surface area contributed by atoms with E-state index in [0.717, 1.165) is 82.5 Å². The van der Waals surface area contributed by atoms with Gasteiger partial charge in [-0.2, -0.15) is 0 Å². The van der Waals surface area contributed by atoms with Crippen LogP contribution in [0.3, 0.4) is 0 Å². The van der Waals surface area contributed by atoms with Crippen LogP contribution in [0.15, 0.2) is 204 Å². The van der Waals surface area contributed by atoms with Crippen molar-refractivity contribution in [3.63, 3.8) is 0 Å². The Morgan fingerprint density at radius 2 is 0.930 bits per heavy atom. The largest absolute Gasteiger partial charge is 0.354 e. The molecule has 0 aliphatic carbocycles. The van der Waals surface area contributed by atoms with Crippen LogP contribution in [-0.4, -0.2) is 4.98 Å². The number of hydrogen-bond donors (Lipinski definition) is 1. The molecule has 0 radical (unpaired) electrons. The third kappa shape index (κ3) is 4.79. The maximum atomic E-state index is 5.33. The van der Waals surface area contributed by atoms with Crippen molar-refractivity contribution in [3.05, 3.63) is 215 Å². The second-order valence-electron chi connectivity index (χ2n) is 14.9. The topological polar surface area (TPSA) is 40.5 Å². The fraction of sp³-hybridized carbons (Fsp3) is 0. The molecule has 9 aromatic carbocycles. The van der Waals surface area contributed by atoms with E-state index in [1.54, 1.807) is 0 Å². The molecule has 0 atom stereocenters. The zero-order chi connectivity index (χ0) is 37.5. The van der Waals surface area contributed by atoms with Gasteiger partial charge in [-0.1, -0.05) is 164 Å². The second kappa shape index (κ2) is 12.5. The molecule has 10 aromatic rings. The van der Waals surface area contributed by atoms with Gasteiger partial charge in [0.1, 0.15) is 0 Å².